The van der Waals surface area contributed by atoms with Crippen molar-refractivity contribution in [1.29, 1.82) is 0 Å². The lowest BCUT2D eigenvalue weighted by Gasteiger charge is -2.47. The number of ether oxygens (including phenoxy) is 2. The van der Waals surface area contributed by atoms with Crippen LogP contribution in [-0.2, 0) is 39.1 Å². The second-order valence-electron chi connectivity index (χ2n) is 15.6. The van der Waals surface area contributed by atoms with E-state index in [1.807, 2.05) is 72.0 Å². The van der Waals surface area contributed by atoms with Gasteiger partial charge in [-0.05, 0) is 117 Å². The van der Waals surface area contributed by atoms with Crippen molar-refractivity contribution >= 4 is 17.7 Å². The van der Waals surface area contributed by atoms with Gasteiger partial charge >= 0.3 is 12.1 Å². The molecule has 1 unspecified atom stereocenters. The summed E-state index contributed by atoms with van der Waals surface area (Å²) < 4.78 is 11.4. The van der Waals surface area contributed by atoms with Crippen LogP contribution in [0.5, 0.6) is 0 Å². The van der Waals surface area contributed by atoms with Gasteiger partial charge in [-0.3, -0.25) is 0 Å². The lowest BCUT2D eigenvalue weighted by molar-refractivity contribution is -0.147. The van der Waals surface area contributed by atoms with E-state index in [4.69, 9.17) is 9.47 Å². The number of anilines is 1. The molecule has 248 valence electrons. The van der Waals surface area contributed by atoms with Crippen molar-refractivity contribution in [3.63, 3.8) is 0 Å². The first-order valence-electron chi connectivity index (χ1n) is 16.8. The maximum Gasteiger partial charge on any atom is 0.407 e. The first-order valence-corrected chi connectivity index (χ1v) is 16.8. The Kier molecular flexibility index (Phi) is 10.9. The summed E-state index contributed by atoms with van der Waals surface area (Å²) in [5.41, 5.74) is 5.53. The summed E-state index contributed by atoms with van der Waals surface area (Å²) in [6.45, 7) is 14.3. The zero-order valence-electron chi connectivity index (χ0n) is 28.9. The van der Waals surface area contributed by atoms with Gasteiger partial charge in [0.1, 0.15) is 18.2 Å². The zero-order valence-corrected chi connectivity index (χ0v) is 28.9. The van der Waals surface area contributed by atoms with Crippen molar-refractivity contribution in [2.45, 2.75) is 130 Å². The van der Waals surface area contributed by atoms with E-state index in [2.05, 4.69) is 36.2 Å². The molecule has 7 heteroatoms. The third-order valence-electron chi connectivity index (χ3n) is 9.84. The molecular formula is C38H56N2O5. The Morgan fingerprint density at radius 3 is 2.29 bits per heavy atom. The maximum atomic E-state index is 13.7. The van der Waals surface area contributed by atoms with Crippen LogP contribution in [-0.4, -0.2) is 48.5 Å². The molecule has 2 aliphatic carbocycles. The van der Waals surface area contributed by atoms with Gasteiger partial charge in [0.15, 0.2) is 0 Å². The van der Waals surface area contributed by atoms with Gasteiger partial charge in [-0.25, -0.2) is 9.59 Å². The lowest BCUT2D eigenvalue weighted by Crippen LogP contribution is -2.45. The molecule has 1 spiro atoms. The highest BCUT2D eigenvalue weighted by Gasteiger charge is 2.43. The summed E-state index contributed by atoms with van der Waals surface area (Å²) in [5, 5.41) is 13.2. The number of carbonyl (C=O) groups is 2. The van der Waals surface area contributed by atoms with Crippen LogP contribution in [0.2, 0.25) is 0 Å². The van der Waals surface area contributed by atoms with Gasteiger partial charge in [0.25, 0.3) is 0 Å². The van der Waals surface area contributed by atoms with E-state index in [9.17, 15) is 14.7 Å². The van der Waals surface area contributed by atoms with Crippen LogP contribution in [0.25, 0.3) is 0 Å². The number of hydrogen-bond acceptors (Lipinski definition) is 6. The average molecular weight is 621 g/mol. The number of likely N-dealkylation sites (N-methyl/N-ethyl adjacent to an activating group) is 1. The van der Waals surface area contributed by atoms with Crippen molar-refractivity contribution < 1.29 is 24.2 Å². The highest BCUT2D eigenvalue weighted by atomic mass is 16.6. The van der Waals surface area contributed by atoms with Gasteiger partial charge in [-0.1, -0.05) is 64.1 Å². The molecule has 1 amide bonds. The van der Waals surface area contributed by atoms with Gasteiger partial charge in [0, 0.05) is 12.7 Å². The summed E-state index contributed by atoms with van der Waals surface area (Å²) in [7, 11) is 1.98. The van der Waals surface area contributed by atoms with Crippen LogP contribution in [0.1, 0.15) is 109 Å². The Balaban J connectivity index is 1.71. The lowest BCUT2D eigenvalue weighted by atomic mass is 9.58. The molecule has 2 aliphatic rings. The van der Waals surface area contributed by atoms with Crippen molar-refractivity contribution in [2.24, 2.45) is 11.3 Å². The third kappa shape index (κ3) is 8.81. The molecular weight excluding hydrogens is 564 g/mol. The van der Waals surface area contributed by atoms with Crippen LogP contribution in [0.15, 0.2) is 42.5 Å². The van der Waals surface area contributed by atoms with E-state index < -0.39 is 23.8 Å². The number of hydrogen-bond donors (Lipinski definition) is 2. The molecule has 0 heterocycles. The van der Waals surface area contributed by atoms with Crippen LogP contribution in [0, 0.1) is 11.3 Å². The van der Waals surface area contributed by atoms with E-state index in [0.29, 0.717) is 11.8 Å². The van der Waals surface area contributed by atoms with E-state index in [1.54, 1.807) is 0 Å². The number of aliphatic hydroxyl groups is 1. The fourth-order valence-electron chi connectivity index (χ4n) is 7.30. The minimum Gasteiger partial charge on any atom is -0.459 e. The number of carbonyl (C=O) groups excluding carboxylic acids is 2. The van der Waals surface area contributed by atoms with Gasteiger partial charge < -0.3 is 24.8 Å². The number of alkyl carbamates (subject to hydrolysis) is 1. The standard InChI is InChI=1S/C38H56N2O5/c1-26(2)33(34(42)44-25-27-13-10-9-11-14-27)40(8)32-23-31-28(15-12-16-38(31)19-17-37(6,7)18-20-38)21-29(32)22-30(24-41)39-35(43)45-36(3,4)5/h9-11,13-14,21,23,26,30,33,41H,12,15-20,22,24-25H2,1-8H3,(H,39,43)/t30?,33-/m0/s1. The Bertz CT molecular complexity index is 1300. The molecule has 0 saturated heterocycles. The number of aliphatic hydroxyl groups excluding tert-OH is 1. The molecule has 2 aromatic rings. The quantitative estimate of drug-likeness (QED) is 0.268. The molecule has 45 heavy (non-hydrogen) atoms. The summed E-state index contributed by atoms with van der Waals surface area (Å²) in [6.07, 6.45) is 7.94. The van der Waals surface area contributed by atoms with Gasteiger partial charge in [0.05, 0.1) is 12.6 Å². The summed E-state index contributed by atoms with van der Waals surface area (Å²) >= 11 is 0. The molecule has 2 N–H and O–H groups in total. The minimum absolute atomic E-state index is 0.0138. The van der Waals surface area contributed by atoms with Crippen LogP contribution >= 0.6 is 0 Å². The normalized spacial score (nSPS) is 18.5. The molecule has 2 aromatic carbocycles. The van der Waals surface area contributed by atoms with E-state index in [1.165, 1.54) is 43.2 Å². The Morgan fingerprint density at radius 1 is 1.02 bits per heavy atom. The number of amides is 1. The highest BCUT2D eigenvalue weighted by molar-refractivity contribution is 5.81. The monoisotopic (exact) mass is 620 g/mol. The van der Waals surface area contributed by atoms with Crippen LogP contribution in [0.3, 0.4) is 0 Å². The average Bonchev–Trinajstić information content (AvgIpc) is 2.96. The zero-order chi connectivity index (χ0) is 33.0. The molecule has 4 rings (SSSR count). The molecule has 1 fully saturated rings. The van der Waals surface area contributed by atoms with Gasteiger partial charge in [-0.15, -0.1) is 0 Å². The third-order valence-corrected chi connectivity index (χ3v) is 9.84. The fourth-order valence-corrected chi connectivity index (χ4v) is 7.30. The Morgan fingerprint density at radius 2 is 1.69 bits per heavy atom. The molecule has 0 aromatic heterocycles. The van der Waals surface area contributed by atoms with E-state index in [0.717, 1.165) is 29.7 Å². The minimum atomic E-state index is -0.644. The Hall–Kier alpha value is -3.06. The second kappa shape index (κ2) is 14.1. The number of esters is 1. The van der Waals surface area contributed by atoms with Crippen molar-refractivity contribution in [1.82, 2.24) is 5.32 Å². The highest BCUT2D eigenvalue weighted by Crippen LogP contribution is 2.53. The SMILES string of the molecule is CC(C)[C@@H](C(=O)OCc1ccccc1)N(C)c1cc2c(cc1CC(CO)NC(=O)OC(C)(C)C)CCCC21CCC(C)(C)CC1. The van der Waals surface area contributed by atoms with Crippen LogP contribution < -0.4 is 10.2 Å². The van der Waals surface area contributed by atoms with E-state index >= 15 is 0 Å². The van der Waals surface area contributed by atoms with Crippen molar-refractivity contribution in [3.8, 4) is 0 Å². The van der Waals surface area contributed by atoms with Crippen molar-refractivity contribution in [2.75, 3.05) is 18.6 Å². The summed E-state index contributed by atoms with van der Waals surface area (Å²) in [6, 6.07) is 13.3. The number of nitrogens with one attached hydrogen (secondary N) is 1. The summed E-state index contributed by atoms with van der Waals surface area (Å²) in [4.78, 5) is 28.5. The predicted octanol–water partition coefficient (Wildman–Crippen LogP) is 7.49. The van der Waals surface area contributed by atoms with Gasteiger partial charge in [0.2, 0.25) is 0 Å². The van der Waals surface area contributed by atoms with Crippen molar-refractivity contribution in [3.05, 3.63) is 64.7 Å². The smallest absolute Gasteiger partial charge is 0.407 e. The van der Waals surface area contributed by atoms with E-state index in [-0.39, 0.29) is 30.5 Å². The number of fused-ring (bicyclic) bond motifs is 2. The summed E-state index contributed by atoms with van der Waals surface area (Å²) in [5.74, 6) is -0.278. The number of nitrogens with zero attached hydrogens (tertiary/aromatic N) is 1. The number of benzene rings is 2. The predicted molar refractivity (Wildman–Crippen MR) is 181 cm³/mol. The first-order chi connectivity index (χ1) is 21.1. The largest absolute Gasteiger partial charge is 0.459 e. The number of rotatable bonds is 10. The fraction of sp³-hybridized carbons (Fsp3) is 0.632. The van der Waals surface area contributed by atoms with Crippen LogP contribution in [0.4, 0.5) is 10.5 Å². The molecule has 0 bridgehead atoms. The Labute approximate surface area is 271 Å². The maximum absolute atomic E-state index is 13.7. The first kappa shape index (κ1) is 34.8. The molecule has 0 radical (unpaired) electrons. The van der Waals surface area contributed by atoms with Gasteiger partial charge in [-0.2, -0.15) is 0 Å². The number of aryl methyl sites for hydroxylation is 1. The molecule has 2 atom stereocenters. The topological polar surface area (TPSA) is 88.1 Å². The molecule has 7 nitrogen and oxygen atoms in total. The second-order valence-corrected chi connectivity index (χ2v) is 15.6. The molecule has 0 aliphatic heterocycles. The molecule has 1 saturated carbocycles.